The summed E-state index contributed by atoms with van der Waals surface area (Å²) in [5.41, 5.74) is 0. The Morgan fingerprint density at radius 2 is 2.06 bits per heavy atom. The van der Waals surface area contributed by atoms with Crippen molar-refractivity contribution in [2.75, 3.05) is 26.2 Å². The van der Waals surface area contributed by atoms with Crippen LogP contribution in [0.2, 0.25) is 0 Å². The second-order valence-corrected chi connectivity index (χ2v) is 5.59. The molecule has 98 valence electrons. The second kappa shape index (κ2) is 5.83. The van der Waals surface area contributed by atoms with Gasteiger partial charge in [0.05, 0.1) is 6.04 Å². The summed E-state index contributed by atoms with van der Waals surface area (Å²) in [7, 11) is 0. The molecule has 0 spiro atoms. The van der Waals surface area contributed by atoms with Gasteiger partial charge in [-0.3, -0.25) is 4.79 Å². The van der Waals surface area contributed by atoms with Crippen molar-refractivity contribution in [2.24, 2.45) is 11.8 Å². The molecule has 4 nitrogen and oxygen atoms in total. The molecule has 0 aliphatic carbocycles. The molecule has 2 fully saturated rings. The second-order valence-electron chi connectivity index (χ2n) is 5.59. The first-order chi connectivity index (χ1) is 8.20. The molecule has 2 saturated heterocycles. The maximum Gasteiger partial charge on any atom is 0.239 e. The van der Waals surface area contributed by atoms with E-state index in [0.717, 1.165) is 38.9 Å². The van der Waals surface area contributed by atoms with Gasteiger partial charge in [0.2, 0.25) is 5.91 Å². The third kappa shape index (κ3) is 3.19. The van der Waals surface area contributed by atoms with Crippen LogP contribution in [0.4, 0.5) is 0 Å². The number of piperidine rings is 2. The van der Waals surface area contributed by atoms with Gasteiger partial charge in [-0.25, -0.2) is 0 Å². The van der Waals surface area contributed by atoms with Crippen molar-refractivity contribution in [3.63, 3.8) is 0 Å². The van der Waals surface area contributed by atoms with Crippen molar-refractivity contribution < 1.29 is 9.90 Å². The number of hydrogen-bond acceptors (Lipinski definition) is 3. The predicted octanol–water partition coefficient (Wildman–Crippen LogP) is 0.605. The first-order valence-electron chi connectivity index (χ1n) is 6.83. The van der Waals surface area contributed by atoms with Crippen LogP contribution in [0.3, 0.4) is 0 Å². The number of rotatable bonds is 2. The molecule has 2 rings (SSSR count). The van der Waals surface area contributed by atoms with Crippen LogP contribution in [0.1, 0.15) is 32.6 Å². The highest BCUT2D eigenvalue weighted by molar-refractivity contribution is 5.82. The van der Waals surface area contributed by atoms with Crippen LogP contribution in [-0.2, 0) is 4.79 Å². The number of nitrogens with zero attached hydrogens (tertiary/aromatic N) is 1. The summed E-state index contributed by atoms with van der Waals surface area (Å²) in [6.07, 6.45) is 4.05. The van der Waals surface area contributed by atoms with Crippen molar-refractivity contribution >= 4 is 5.91 Å². The van der Waals surface area contributed by atoms with Gasteiger partial charge in [-0.05, 0) is 44.1 Å². The standard InChI is InChI=1S/C13H24N2O2/c1-10-2-5-14-12(8-10)13(17)15-6-3-11(9-16)4-7-15/h10-12,14,16H,2-9H2,1H3. The average Bonchev–Trinajstić information content (AvgIpc) is 2.38. The van der Waals surface area contributed by atoms with Crippen LogP contribution >= 0.6 is 0 Å². The van der Waals surface area contributed by atoms with Gasteiger partial charge in [-0.1, -0.05) is 6.92 Å². The normalized spacial score (nSPS) is 31.5. The molecular weight excluding hydrogens is 216 g/mol. The molecule has 1 amide bonds. The molecule has 17 heavy (non-hydrogen) atoms. The number of hydrogen-bond donors (Lipinski definition) is 2. The molecule has 2 N–H and O–H groups in total. The number of amides is 1. The molecule has 0 radical (unpaired) electrons. The van der Waals surface area contributed by atoms with Crippen molar-refractivity contribution in [1.82, 2.24) is 10.2 Å². The lowest BCUT2D eigenvalue weighted by Crippen LogP contribution is -2.52. The van der Waals surface area contributed by atoms with E-state index in [4.69, 9.17) is 5.11 Å². The molecule has 0 aromatic heterocycles. The first kappa shape index (κ1) is 12.8. The number of carbonyl (C=O) groups is 1. The van der Waals surface area contributed by atoms with Crippen LogP contribution in [0.25, 0.3) is 0 Å². The summed E-state index contributed by atoms with van der Waals surface area (Å²) in [5.74, 6) is 1.32. The Bertz CT molecular complexity index is 262. The summed E-state index contributed by atoms with van der Waals surface area (Å²) in [6.45, 7) is 5.08. The first-order valence-corrected chi connectivity index (χ1v) is 6.83. The summed E-state index contributed by atoms with van der Waals surface area (Å²) in [4.78, 5) is 14.3. The Hall–Kier alpha value is -0.610. The highest BCUT2D eigenvalue weighted by atomic mass is 16.3. The van der Waals surface area contributed by atoms with Gasteiger partial charge >= 0.3 is 0 Å². The Kier molecular flexibility index (Phi) is 4.40. The fraction of sp³-hybridized carbons (Fsp3) is 0.923. The largest absolute Gasteiger partial charge is 0.396 e. The Morgan fingerprint density at radius 1 is 1.35 bits per heavy atom. The average molecular weight is 240 g/mol. The summed E-state index contributed by atoms with van der Waals surface area (Å²) in [6, 6.07) is 0.0319. The van der Waals surface area contributed by atoms with E-state index in [-0.39, 0.29) is 18.6 Å². The minimum atomic E-state index is 0.0319. The molecule has 2 aliphatic rings. The minimum absolute atomic E-state index is 0.0319. The van der Waals surface area contributed by atoms with E-state index in [2.05, 4.69) is 12.2 Å². The third-order valence-corrected chi connectivity index (χ3v) is 4.15. The fourth-order valence-corrected chi connectivity index (χ4v) is 2.85. The Morgan fingerprint density at radius 3 is 2.65 bits per heavy atom. The zero-order valence-corrected chi connectivity index (χ0v) is 10.7. The lowest BCUT2D eigenvalue weighted by molar-refractivity contribution is -0.136. The molecular formula is C13H24N2O2. The molecule has 2 atom stereocenters. The Labute approximate surface area is 103 Å². The molecule has 0 bridgehead atoms. The van der Waals surface area contributed by atoms with Gasteiger partial charge in [0.25, 0.3) is 0 Å². The summed E-state index contributed by atoms with van der Waals surface area (Å²) in [5, 5.41) is 12.4. The topological polar surface area (TPSA) is 52.6 Å². The van der Waals surface area contributed by atoms with Gasteiger partial charge < -0.3 is 15.3 Å². The lowest BCUT2D eigenvalue weighted by Gasteiger charge is -2.36. The van der Waals surface area contributed by atoms with E-state index in [1.165, 1.54) is 6.42 Å². The van der Waals surface area contributed by atoms with E-state index in [1.807, 2.05) is 4.90 Å². The van der Waals surface area contributed by atoms with E-state index in [0.29, 0.717) is 11.8 Å². The molecule has 2 aliphatic heterocycles. The third-order valence-electron chi connectivity index (χ3n) is 4.15. The molecule has 0 aromatic carbocycles. The van der Waals surface area contributed by atoms with Crippen molar-refractivity contribution in [1.29, 1.82) is 0 Å². The number of carbonyl (C=O) groups excluding carboxylic acids is 1. The maximum atomic E-state index is 12.3. The molecule has 2 unspecified atom stereocenters. The van der Waals surface area contributed by atoms with Crippen molar-refractivity contribution in [3.05, 3.63) is 0 Å². The highest BCUT2D eigenvalue weighted by Crippen LogP contribution is 2.20. The van der Waals surface area contributed by atoms with E-state index in [9.17, 15) is 4.79 Å². The smallest absolute Gasteiger partial charge is 0.239 e. The fourth-order valence-electron chi connectivity index (χ4n) is 2.85. The van der Waals surface area contributed by atoms with Gasteiger partial charge in [-0.2, -0.15) is 0 Å². The molecule has 0 aromatic rings. The maximum absolute atomic E-state index is 12.3. The lowest BCUT2D eigenvalue weighted by atomic mass is 9.92. The number of nitrogens with one attached hydrogen (secondary N) is 1. The number of aliphatic hydroxyl groups excluding tert-OH is 1. The van der Waals surface area contributed by atoms with Gasteiger partial charge in [-0.15, -0.1) is 0 Å². The van der Waals surface area contributed by atoms with E-state index in [1.54, 1.807) is 0 Å². The number of aliphatic hydroxyl groups is 1. The molecule has 0 saturated carbocycles. The zero-order chi connectivity index (χ0) is 12.3. The molecule has 2 heterocycles. The van der Waals surface area contributed by atoms with E-state index >= 15 is 0 Å². The summed E-state index contributed by atoms with van der Waals surface area (Å²) < 4.78 is 0. The SMILES string of the molecule is CC1CCNC(C(=O)N2CCC(CO)CC2)C1. The van der Waals surface area contributed by atoms with Crippen molar-refractivity contribution in [3.8, 4) is 0 Å². The van der Waals surface area contributed by atoms with Gasteiger partial charge in [0, 0.05) is 19.7 Å². The monoisotopic (exact) mass is 240 g/mol. The Balaban J connectivity index is 1.83. The minimum Gasteiger partial charge on any atom is -0.396 e. The molecule has 4 heteroatoms. The quantitative estimate of drug-likeness (QED) is 0.743. The van der Waals surface area contributed by atoms with Crippen LogP contribution in [0.5, 0.6) is 0 Å². The zero-order valence-electron chi connectivity index (χ0n) is 10.7. The summed E-state index contributed by atoms with van der Waals surface area (Å²) >= 11 is 0. The van der Waals surface area contributed by atoms with Gasteiger partial charge in [0.15, 0.2) is 0 Å². The predicted molar refractivity (Wildman–Crippen MR) is 66.6 cm³/mol. The van der Waals surface area contributed by atoms with Crippen LogP contribution in [0, 0.1) is 11.8 Å². The van der Waals surface area contributed by atoms with Gasteiger partial charge in [0.1, 0.15) is 0 Å². The van der Waals surface area contributed by atoms with Crippen LogP contribution in [-0.4, -0.2) is 48.2 Å². The van der Waals surface area contributed by atoms with Crippen LogP contribution < -0.4 is 5.32 Å². The van der Waals surface area contributed by atoms with Crippen LogP contribution in [0.15, 0.2) is 0 Å². The highest BCUT2D eigenvalue weighted by Gasteiger charge is 2.30. The van der Waals surface area contributed by atoms with E-state index < -0.39 is 0 Å². The van der Waals surface area contributed by atoms with Crippen molar-refractivity contribution in [2.45, 2.75) is 38.6 Å². The number of likely N-dealkylation sites (tertiary alicyclic amines) is 1.